The second kappa shape index (κ2) is 4.39. The largest absolute Gasteiger partial charge is 0.349 e. The van der Waals surface area contributed by atoms with Gasteiger partial charge in [0.05, 0.1) is 11.0 Å². The van der Waals surface area contributed by atoms with Crippen molar-refractivity contribution in [1.82, 2.24) is 15.3 Å². The van der Waals surface area contributed by atoms with Crippen LogP contribution in [0.1, 0.15) is 24.3 Å². The van der Waals surface area contributed by atoms with Crippen LogP contribution in [0.15, 0.2) is 36.5 Å². The fraction of sp³-hybridized carbons (Fsp3) is 0.200. The lowest BCUT2D eigenvalue weighted by molar-refractivity contribution is 0.0939. The van der Waals surface area contributed by atoms with Crippen molar-refractivity contribution in [2.45, 2.75) is 19.9 Å². The number of rotatable bonds is 2. The highest BCUT2D eigenvalue weighted by molar-refractivity contribution is 6.07. The molecule has 0 unspecified atom stereocenters. The van der Waals surface area contributed by atoms with Gasteiger partial charge in [-0.25, -0.2) is 0 Å². The van der Waals surface area contributed by atoms with Crippen LogP contribution in [0.3, 0.4) is 0 Å². The van der Waals surface area contributed by atoms with Gasteiger partial charge in [0, 0.05) is 23.0 Å². The van der Waals surface area contributed by atoms with Crippen LogP contribution < -0.4 is 5.32 Å². The summed E-state index contributed by atoms with van der Waals surface area (Å²) < 4.78 is 0. The first kappa shape index (κ1) is 11.7. The van der Waals surface area contributed by atoms with Gasteiger partial charge in [0.25, 0.3) is 5.91 Å². The Kier molecular flexibility index (Phi) is 2.71. The maximum absolute atomic E-state index is 12.0. The first-order chi connectivity index (χ1) is 9.15. The predicted octanol–water partition coefficient (Wildman–Crippen LogP) is 2.85. The van der Waals surface area contributed by atoms with Crippen molar-refractivity contribution in [3.63, 3.8) is 0 Å². The summed E-state index contributed by atoms with van der Waals surface area (Å²) in [7, 11) is 0. The van der Waals surface area contributed by atoms with Crippen LogP contribution in [0.25, 0.3) is 21.8 Å². The van der Waals surface area contributed by atoms with Crippen LogP contribution in [-0.4, -0.2) is 21.9 Å². The summed E-state index contributed by atoms with van der Waals surface area (Å²) in [6.45, 7) is 3.88. The molecule has 0 saturated heterocycles. The summed E-state index contributed by atoms with van der Waals surface area (Å²) in [5.74, 6) is -0.0877. The van der Waals surface area contributed by atoms with Crippen molar-refractivity contribution >= 4 is 27.7 Å². The topological polar surface area (TPSA) is 57.8 Å². The number of fused-ring (bicyclic) bond motifs is 3. The molecule has 19 heavy (non-hydrogen) atoms. The van der Waals surface area contributed by atoms with E-state index in [-0.39, 0.29) is 11.9 Å². The molecule has 0 atom stereocenters. The molecule has 2 heterocycles. The summed E-state index contributed by atoms with van der Waals surface area (Å²) in [5, 5.41) is 4.94. The lowest BCUT2D eigenvalue weighted by atomic mass is 10.1. The van der Waals surface area contributed by atoms with Gasteiger partial charge in [0.15, 0.2) is 0 Å². The Labute approximate surface area is 110 Å². The van der Waals surface area contributed by atoms with Crippen LogP contribution in [0.5, 0.6) is 0 Å². The van der Waals surface area contributed by atoms with E-state index in [1.165, 1.54) is 0 Å². The Hall–Kier alpha value is -2.36. The minimum absolute atomic E-state index is 0.0877. The summed E-state index contributed by atoms with van der Waals surface area (Å²) >= 11 is 0. The summed E-state index contributed by atoms with van der Waals surface area (Å²) in [4.78, 5) is 19.5. The molecule has 2 N–H and O–H groups in total. The first-order valence-electron chi connectivity index (χ1n) is 6.32. The van der Waals surface area contributed by atoms with Crippen LogP contribution in [0, 0.1) is 0 Å². The van der Waals surface area contributed by atoms with E-state index in [2.05, 4.69) is 15.3 Å². The highest BCUT2D eigenvalue weighted by Crippen LogP contribution is 2.23. The number of aromatic amines is 1. The fourth-order valence-electron chi connectivity index (χ4n) is 2.20. The maximum atomic E-state index is 12.0. The number of nitrogens with one attached hydrogen (secondary N) is 2. The molecular formula is C15H15N3O. The number of H-pyrrole nitrogens is 1. The smallest absolute Gasteiger partial charge is 0.267 e. The Morgan fingerprint density at radius 1 is 1.26 bits per heavy atom. The van der Waals surface area contributed by atoms with Gasteiger partial charge in [-0.2, -0.15) is 0 Å². The van der Waals surface area contributed by atoms with Gasteiger partial charge in [0.2, 0.25) is 0 Å². The Morgan fingerprint density at radius 2 is 2.05 bits per heavy atom. The van der Waals surface area contributed by atoms with Crippen molar-refractivity contribution < 1.29 is 4.79 Å². The molecule has 0 aliphatic heterocycles. The standard InChI is InChI=1S/C15H15N3O/c1-9(2)17-15(19)12-8-11-6-5-10-4-3-7-16-13(10)14(11)18-12/h3-9,18H,1-2H3,(H,17,19). The number of benzene rings is 1. The summed E-state index contributed by atoms with van der Waals surface area (Å²) in [6, 6.07) is 9.92. The molecule has 2 aromatic heterocycles. The quantitative estimate of drug-likeness (QED) is 0.737. The monoisotopic (exact) mass is 253 g/mol. The Bertz CT molecular complexity index is 758. The van der Waals surface area contributed by atoms with Gasteiger partial charge in [-0.05, 0) is 26.0 Å². The molecule has 3 rings (SSSR count). The second-order valence-electron chi connectivity index (χ2n) is 4.92. The average molecular weight is 253 g/mol. The molecule has 0 saturated carbocycles. The molecule has 0 bridgehead atoms. The minimum Gasteiger partial charge on any atom is -0.349 e. The van der Waals surface area contributed by atoms with Crippen molar-refractivity contribution in [1.29, 1.82) is 0 Å². The fourth-order valence-corrected chi connectivity index (χ4v) is 2.20. The van der Waals surface area contributed by atoms with Gasteiger partial charge in [-0.3, -0.25) is 9.78 Å². The molecule has 1 aromatic carbocycles. The summed E-state index contributed by atoms with van der Waals surface area (Å²) in [6.07, 6.45) is 1.76. The number of aromatic nitrogens is 2. The lowest BCUT2D eigenvalue weighted by Gasteiger charge is -2.05. The molecule has 3 aromatic rings. The van der Waals surface area contributed by atoms with E-state index in [9.17, 15) is 4.79 Å². The number of pyridine rings is 1. The molecular weight excluding hydrogens is 238 g/mol. The lowest BCUT2D eigenvalue weighted by Crippen LogP contribution is -2.30. The first-order valence-corrected chi connectivity index (χ1v) is 6.32. The number of nitrogens with zero attached hydrogens (tertiary/aromatic N) is 1. The Balaban J connectivity index is 2.15. The van der Waals surface area contributed by atoms with E-state index in [0.717, 1.165) is 21.8 Å². The second-order valence-corrected chi connectivity index (χ2v) is 4.92. The van der Waals surface area contributed by atoms with E-state index in [1.54, 1.807) is 6.20 Å². The molecule has 1 amide bonds. The van der Waals surface area contributed by atoms with Crippen LogP contribution in [0.4, 0.5) is 0 Å². The SMILES string of the molecule is CC(C)NC(=O)c1cc2ccc3cccnc3c2[nH]1. The third kappa shape index (κ3) is 2.05. The van der Waals surface area contributed by atoms with E-state index in [1.807, 2.05) is 44.2 Å². The zero-order valence-electron chi connectivity index (χ0n) is 10.9. The molecule has 0 radical (unpaired) electrons. The third-order valence-electron chi connectivity index (χ3n) is 3.03. The van der Waals surface area contributed by atoms with Crippen LogP contribution in [0.2, 0.25) is 0 Å². The third-order valence-corrected chi connectivity index (χ3v) is 3.03. The van der Waals surface area contributed by atoms with Crippen molar-refractivity contribution in [3.8, 4) is 0 Å². The molecule has 4 heteroatoms. The molecule has 0 spiro atoms. The van der Waals surface area contributed by atoms with Gasteiger partial charge >= 0.3 is 0 Å². The highest BCUT2D eigenvalue weighted by Gasteiger charge is 2.12. The average Bonchev–Trinajstić information content (AvgIpc) is 2.82. The zero-order chi connectivity index (χ0) is 13.4. The van der Waals surface area contributed by atoms with Gasteiger partial charge in [0.1, 0.15) is 5.69 Å². The van der Waals surface area contributed by atoms with E-state index in [0.29, 0.717) is 5.69 Å². The molecule has 4 nitrogen and oxygen atoms in total. The van der Waals surface area contributed by atoms with Crippen LogP contribution >= 0.6 is 0 Å². The molecule has 96 valence electrons. The predicted molar refractivity (Wildman–Crippen MR) is 76.2 cm³/mol. The number of carbonyl (C=O) groups excluding carboxylic acids is 1. The maximum Gasteiger partial charge on any atom is 0.267 e. The zero-order valence-corrected chi connectivity index (χ0v) is 10.9. The van der Waals surface area contributed by atoms with Crippen molar-refractivity contribution in [2.24, 2.45) is 0 Å². The number of carbonyl (C=O) groups is 1. The number of hydrogen-bond donors (Lipinski definition) is 2. The number of hydrogen-bond acceptors (Lipinski definition) is 2. The molecule has 0 aliphatic rings. The van der Waals surface area contributed by atoms with Crippen molar-refractivity contribution in [2.75, 3.05) is 0 Å². The van der Waals surface area contributed by atoms with E-state index in [4.69, 9.17) is 0 Å². The minimum atomic E-state index is -0.0877. The van der Waals surface area contributed by atoms with Crippen LogP contribution in [-0.2, 0) is 0 Å². The van der Waals surface area contributed by atoms with E-state index < -0.39 is 0 Å². The Morgan fingerprint density at radius 3 is 2.84 bits per heavy atom. The normalized spacial score (nSPS) is 11.3. The molecule has 0 aliphatic carbocycles. The number of amides is 1. The summed E-state index contributed by atoms with van der Waals surface area (Å²) in [5.41, 5.74) is 2.37. The highest BCUT2D eigenvalue weighted by atomic mass is 16.1. The van der Waals surface area contributed by atoms with E-state index >= 15 is 0 Å². The van der Waals surface area contributed by atoms with Crippen molar-refractivity contribution in [3.05, 3.63) is 42.2 Å². The molecule has 0 fully saturated rings. The van der Waals surface area contributed by atoms with Gasteiger partial charge < -0.3 is 10.3 Å². The van der Waals surface area contributed by atoms with Gasteiger partial charge in [-0.1, -0.05) is 18.2 Å². The van der Waals surface area contributed by atoms with Gasteiger partial charge in [-0.15, -0.1) is 0 Å².